The number of piperidine rings is 1. The van der Waals surface area contributed by atoms with Crippen molar-refractivity contribution in [3.05, 3.63) is 53.6 Å². The lowest BCUT2D eigenvalue weighted by atomic mass is 9.93. The second-order valence-corrected chi connectivity index (χ2v) is 9.58. The van der Waals surface area contributed by atoms with Gasteiger partial charge in [0.05, 0.1) is 17.7 Å². The number of benzene rings is 2. The summed E-state index contributed by atoms with van der Waals surface area (Å²) >= 11 is 0. The van der Waals surface area contributed by atoms with Crippen LogP contribution in [0.2, 0.25) is 0 Å². The molecule has 35 heavy (non-hydrogen) atoms. The molecule has 0 aromatic heterocycles. The van der Waals surface area contributed by atoms with Crippen LogP contribution in [-0.2, 0) is 11.3 Å². The largest absolute Gasteiger partial charge is 0.491 e. The summed E-state index contributed by atoms with van der Waals surface area (Å²) in [5, 5.41) is 0. The van der Waals surface area contributed by atoms with E-state index in [0.29, 0.717) is 31.1 Å². The zero-order chi connectivity index (χ0) is 24.0. The van der Waals surface area contributed by atoms with Gasteiger partial charge < -0.3 is 23.8 Å². The Morgan fingerprint density at radius 3 is 2.57 bits per heavy atom. The van der Waals surface area contributed by atoms with Crippen LogP contribution in [0.4, 0.5) is 0 Å². The highest BCUT2D eigenvalue weighted by Gasteiger charge is 2.35. The molecule has 2 aromatic carbocycles. The quantitative estimate of drug-likeness (QED) is 0.658. The molecule has 7 heteroatoms. The number of hydrogen-bond donors (Lipinski definition) is 0. The van der Waals surface area contributed by atoms with Gasteiger partial charge in [0, 0.05) is 26.7 Å². The van der Waals surface area contributed by atoms with Crippen molar-refractivity contribution in [1.82, 2.24) is 9.80 Å². The molecule has 1 amide bonds. The van der Waals surface area contributed by atoms with Gasteiger partial charge in [-0.25, -0.2) is 0 Å². The SMILES string of the molecule is CO[C@@H]1CCCN2C(=O)c3ccccc3OCCN(Cc3ccc4c(c3)OCCO4)CCCC[C@H]12. The first-order valence-corrected chi connectivity index (χ1v) is 12.9. The van der Waals surface area contributed by atoms with Crippen molar-refractivity contribution in [3.63, 3.8) is 0 Å². The van der Waals surface area contributed by atoms with E-state index in [4.69, 9.17) is 18.9 Å². The molecule has 0 saturated carbocycles. The van der Waals surface area contributed by atoms with Crippen molar-refractivity contribution in [1.29, 1.82) is 0 Å². The number of hydrogen-bond acceptors (Lipinski definition) is 6. The van der Waals surface area contributed by atoms with Crippen LogP contribution < -0.4 is 14.2 Å². The lowest BCUT2D eigenvalue weighted by molar-refractivity contribution is -0.0155. The van der Waals surface area contributed by atoms with Gasteiger partial charge in [-0.05, 0) is 62.1 Å². The van der Waals surface area contributed by atoms with E-state index in [9.17, 15) is 4.79 Å². The van der Waals surface area contributed by atoms with Gasteiger partial charge in [0.2, 0.25) is 0 Å². The molecule has 1 fully saturated rings. The summed E-state index contributed by atoms with van der Waals surface area (Å²) in [6, 6.07) is 14.0. The minimum Gasteiger partial charge on any atom is -0.491 e. The zero-order valence-corrected chi connectivity index (χ0v) is 20.6. The molecular formula is C28H36N2O5. The van der Waals surface area contributed by atoms with Crippen LogP contribution in [0, 0.1) is 0 Å². The minimum absolute atomic E-state index is 0.0553. The zero-order valence-electron chi connectivity index (χ0n) is 20.6. The third kappa shape index (κ3) is 5.57. The second-order valence-electron chi connectivity index (χ2n) is 9.58. The fraction of sp³-hybridized carbons (Fsp3) is 0.536. The van der Waals surface area contributed by atoms with E-state index < -0.39 is 0 Å². The topological polar surface area (TPSA) is 60.5 Å². The van der Waals surface area contributed by atoms with Gasteiger partial charge in [0.1, 0.15) is 25.6 Å². The molecular weight excluding hydrogens is 444 g/mol. The number of carbonyl (C=O) groups is 1. The van der Waals surface area contributed by atoms with Gasteiger partial charge in [-0.15, -0.1) is 0 Å². The highest BCUT2D eigenvalue weighted by atomic mass is 16.6. The Labute approximate surface area is 207 Å². The number of rotatable bonds is 3. The third-order valence-electron chi connectivity index (χ3n) is 7.30. The van der Waals surface area contributed by atoms with E-state index in [2.05, 4.69) is 17.0 Å². The van der Waals surface area contributed by atoms with Gasteiger partial charge in [-0.1, -0.05) is 24.6 Å². The maximum atomic E-state index is 13.6. The standard InChI is InChI=1S/C28H36N2O5/c1-32-25-10-6-14-30-23(25)8-4-5-13-29(15-16-33-24-9-3-2-7-22(24)28(30)31)20-21-11-12-26-27(19-21)35-18-17-34-26/h2-3,7,9,11-12,19,23,25H,4-6,8,10,13-18,20H2,1H3/t23-,25-/m1/s1. The monoisotopic (exact) mass is 480 g/mol. The summed E-state index contributed by atoms with van der Waals surface area (Å²) in [6.07, 6.45) is 5.11. The Morgan fingerprint density at radius 2 is 1.69 bits per heavy atom. The van der Waals surface area contributed by atoms with Crippen molar-refractivity contribution in [2.45, 2.75) is 50.8 Å². The molecule has 0 radical (unpaired) electrons. The molecule has 7 nitrogen and oxygen atoms in total. The minimum atomic E-state index is 0.0553. The normalized spacial score (nSPS) is 23.7. The molecule has 2 aromatic rings. The molecule has 188 valence electrons. The lowest BCUT2D eigenvalue weighted by Gasteiger charge is -2.41. The van der Waals surface area contributed by atoms with Gasteiger partial charge in [-0.2, -0.15) is 0 Å². The Kier molecular flexibility index (Phi) is 7.74. The van der Waals surface area contributed by atoms with Crippen LogP contribution in [-0.4, -0.2) is 74.4 Å². The van der Waals surface area contributed by atoms with Crippen molar-refractivity contribution in [2.75, 3.05) is 46.6 Å². The summed E-state index contributed by atoms with van der Waals surface area (Å²) in [5.74, 6) is 2.36. The van der Waals surface area contributed by atoms with E-state index in [1.54, 1.807) is 7.11 Å². The Hall–Kier alpha value is -2.77. The van der Waals surface area contributed by atoms with E-state index in [1.165, 1.54) is 5.56 Å². The predicted molar refractivity (Wildman–Crippen MR) is 133 cm³/mol. The maximum Gasteiger partial charge on any atom is 0.257 e. The first-order chi connectivity index (χ1) is 17.2. The Balaban J connectivity index is 1.34. The molecule has 3 aliphatic rings. The number of carbonyl (C=O) groups excluding carboxylic acids is 1. The van der Waals surface area contributed by atoms with Gasteiger partial charge >= 0.3 is 0 Å². The number of nitrogens with zero attached hydrogens (tertiary/aromatic N) is 2. The predicted octanol–water partition coefficient (Wildman–Crippen LogP) is 4.14. The highest BCUT2D eigenvalue weighted by molar-refractivity contribution is 5.97. The fourth-order valence-corrected chi connectivity index (χ4v) is 5.50. The first kappa shape index (κ1) is 23.9. The van der Waals surface area contributed by atoms with Crippen molar-refractivity contribution < 1.29 is 23.7 Å². The van der Waals surface area contributed by atoms with E-state index in [0.717, 1.165) is 69.8 Å². The average Bonchev–Trinajstić information content (AvgIpc) is 2.91. The summed E-state index contributed by atoms with van der Waals surface area (Å²) in [7, 11) is 1.77. The molecule has 0 unspecified atom stereocenters. The molecule has 5 rings (SSSR count). The fourth-order valence-electron chi connectivity index (χ4n) is 5.50. The number of fused-ring (bicyclic) bond motifs is 3. The van der Waals surface area contributed by atoms with E-state index >= 15 is 0 Å². The molecule has 0 N–H and O–H groups in total. The van der Waals surface area contributed by atoms with E-state index in [1.807, 2.05) is 35.2 Å². The Bertz CT molecular complexity index is 1010. The summed E-state index contributed by atoms with van der Waals surface area (Å²) < 4.78 is 23.5. The van der Waals surface area contributed by atoms with E-state index in [-0.39, 0.29) is 18.1 Å². The average molecular weight is 481 g/mol. The number of para-hydroxylation sites is 1. The summed E-state index contributed by atoms with van der Waals surface area (Å²) in [5.41, 5.74) is 1.85. The maximum absolute atomic E-state index is 13.6. The van der Waals surface area contributed by atoms with Crippen LogP contribution in [0.25, 0.3) is 0 Å². The molecule has 3 aliphatic heterocycles. The van der Waals surface area contributed by atoms with Gasteiger partial charge in [0.15, 0.2) is 11.5 Å². The van der Waals surface area contributed by atoms with Crippen molar-refractivity contribution in [2.24, 2.45) is 0 Å². The highest BCUT2D eigenvalue weighted by Crippen LogP contribution is 2.32. The number of methoxy groups -OCH3 is 1. The molecule has 2 atom stereocenters. The number of amides is 1. The Morgan fingerprint density at radius 1 is 0.857 bits per heavy atom. The molecule has 0 aliphatic carbocycles. The van der Waals surface area contributed by atoms with Gasteiger partial charge in [-0.3, -0.25) is 9.69 Å². The van der Waals surface area contributed by atoms with Gasteiger partial charge in [0.25, 0.3) is 5.91 Å². The molecule has 1 saturated heterocycles. The first-order valence-electron chi connectivity index (χ1n) is 12.9. The molecule has 3 heterocycles. The summed E-state index contributed by atoms with van der Waals surface area (Å²) in [6.45, 7) is 5.06. The second kappa shape index (κ2) is 11.3. The smallest absolute Gasteiger partial charge is 0.257 e. The third-order valence-corrected chi connectivity index (χ3v) is 7.30. The lowest BCUT2D eigenvalue weighted by Crippen LogP contribution is -2.51. The molecule has 0 spiro atoms. The van der Waals surface area contributed by atoms with Crippen molar-refractivity contribution in [3.8, 4) is 17.2 Å². The molecule has 0 bridgehead atoms. The van der Waals surface area contributed by atoms with Crippen LogP contribution in [0.5, 0.6) is 17.2 Å². The van der Waals surface area contributed by atoms with Crippen LogP contribution >= 0.6 is 0 Å². The summed E-state index contributed by atoms with van der Waals surface area (Å²) in [4.78, 5) is 18.1. The van der Waals surface area contributed by atoms with Crippen LogP contribution in [0.15, 0.2) is 42.5 Å². The number of ether oxygens (including phenoxy) is 4. The van der Waals surface area contributed by atoms with Crippen LogP contribution in [0.1, 0.15) is 48.0 Å². The van der Waals surface area contributed by atoms with Crippen molar-refractivity contribution >= 4 is 5.91 Å². The van der Waals surface area contributed by atoms with Crippen LogP contribution in [0.3, 0.4) is 0 Å².